The molecule has 0 aliphatic carbocycles. The molecule has 1 saturated heterocycles. The van der Waals surface area contributed by atoms with Gasteiger partial charge in [0.2, 0.25) is 5.91 Å². The third kappa shape index (κ3) is 38.7. The minimum atomic E-state index is -0.649. The molecule has 20 heteroatoms. The molecule has 0 spiro atoms. The van der Waals surface area contributed by atoms with Crippen molar-refractivity contribution < 1.29 is 67.0 Å². The van der Waals surface area contributed by atoms with Crippen LogP contribution in [0.3, 0.4) is 0 Å². The summed E-state index contributed by atoms with van der Waals surface area (Å²) in [6.07, 6.45) is 20.0. The van der Waals surface area contributed by atoms with Gasteiger partial charge >= 0.3 is 5.97 Å². The molecule has 0 radical (unpaired) electrons. The van der Waals surface area contributed by atoms with E-state index in [2.05, 4.69) is 33.1 Å². The number of unbranched alkanes of at least 4 members (excludes halogenated alkanes) is 12. The number of nitrogens with one attached hydrogen (secondary N) is 3. The molecular weight excluding hydrogens is 1040 g/mol. The van der Waals surface area contributed by atoms with Gasteiger partial charge in [-0.15, -0.1) is 5.06 Å². The number of ether oxygens (including phenoxy) is 3. The predicted molar refractivity (Wildman–Crippen MR) is 309 cm³/mol. The summed E-state index contributed by atoms with van der Waals surface area (Å²) >= 11 is 0. The number of hydrazone groups is 1. The van der Waals surface area contributed by atoms with Crippen molar-refractivity contribution in [2.75, 3.05) is 58.2 Å². The largest absolute Gasteiger partial charge is 0.379 e. The van der Waals surface area contributed by atoms with E-state index in [9.17, 15) is 47.9 Å². The molecule has 3 N–H and O–H groups in total. The second kappa shape index (κ2) is 46.9. The number of hydroxylamine groups is 2. The summed E-state index contributed by atoms with van der Waals surface area (Å²) < 4.78 is 16.9. The molecule has 20 nitrogen and oxygen atoms in total. The van der Waals surface area contributed by atoms with E-state index in [0.717, 1.165) is 76.3 Å². The van der Waals surface area contributed by atoms with Crippen LogP contribution in [0.5, 0.6) is 0 Å². The van der Waals surface area contributed by atoms with Gasteiger partial charge in [0, 0.05) is 128 Å². The summed E-state index contributed by atoms with van der Waals surface area (Å²) in [6.45, 7) is 9.66. The molecule has 456 valence electrons. The van der Waals surface area contributed by atoms with Crippen molar-refractivity contribution in [3.63, 3.8) is 0 Å². The monoisotopic (exact) mass is 1140 g/mol. The van der Waals surface area contributed by atoms with E-state index in [4.69, 9.17) is 19.0 Å². The SMILES string of the molecule is CCCCC(=O)CCCCOCCOCCOCCCCC(=O)[C@H](CCCCNC(=O)CCCCCCC(=O)CCCCCNC(=O)c1ccc(NN=C(C)C)nc1)CC(=O)CCC(=O)CCCCCCC(=O)ON1C(=O)CCC1=O. The van der Waals surface area contributed by atoms with Gasteiger partial charge in [-0.05, 0) is 109 Å². The van der Waals surface area contributed by atoms with E-state index in [1.54, 1.807) is 12.1 Å². The van der Waals surface area contributed by atoms with Gasteiger partial charge < -0.3 is 29.7 Å². The average molecular weight is 1140 g/mol. The van der Waals surface area contributed by atoms with Crippen molar-refractivity contribution in [3.05, 3.63) is 23.9 Å². The summed E-state index contributed by atoms with van der Waals surface area (Å²) in [7, 11) is 0. The van der Waals surface area contributed by atoms with Gasteiger partial charge in [0.15, 0.2) is 0 Å². The first-order valence-electron chi connectivity index (χ1n) is 30.4. The number of anilines is 1. The molecule has 1 aliphatic heterocycles. The van der Waals surface area contributed by atoms with Crippen LogP contribution < -0.4 is 16.1 Å². The van der Waals surface area contributed by atoms with Crippen LogP contribution in [0, 0.1) is 5.92 Å². The summed E-state index contributed by atoms with van der Waals surface area (Å²) in [4.78, 5) is 133. The van der Waals surface area contributed by atoms with Crippen molar-refractivity contribution in [1.29, 1.82) is 0 Å². The van der Waals surface area contributed by atoms with Crippen LogP contribution in [0.15, 0.2) is 23.4 Å². The Kier molecular flexibility index (Phi) is 41.4. The topological polar surface area (TPSA) is 272 Å². The van der Waals surface area contributed by atoms with Gasteiger partial charge in [-0.1, -0.05) is 51.9 Å². The second-order valence-corrected chi connectivity index (χ2v) is 21.3. The van der Waals surface area contributed by atoms with Crippen LogP contribution in [0.25, 0.3) is 0 Å². The second-order valence-electron chi connectivity index (χ2n) is 21.3. The van der Waals surface area contributed by atoms with Crippen molar-refractivity contribution in [2.45, 2.75) is 233 Å². The minimum Gasteiger partial charge on any atom is -0.379 e. The number of carbonyl (C=O) groups is 10. The van der Waals surface area contributed by atoms with Crippen LogP contribution in [-0.4, -0.2) is 127 Å². The van der Waals surface area contributed by atoms with Gasteiger partial charge in [0.05, 0.1) is 32.0 Å². The van der Waals surface area contributed by atoms with Crippen LogP contribution in [0.1, 0.15) is 243 Å². The number of Topliss-reactive ketones (excluding diaryl/α,β-unsaturated/α-hetero) is 5. The predicted octanol–water partition coefficient (Wildman–Crippen LogP) is 9.97. The number of hydrogen-bond acceptors (Lipinski definition) is 17. The van der Waals surface area contributed by atoms with E-state index < -0.39 is 23.7 Å². The van der Waals surface area contributed by atoms with Crippen LogP contribution >= 0.6 is 0 Å². The first kappa shape index (κ1) is 71.5. The normalized spacial score (nSPS) is 12.5. The number of hydrogen-bond donors (Lipinski definition) is 3. The molecule has 2 rings (SSSR count). The molecule has 0 saturated carbocycles. The Bertz CT molecular complexity index is 2040. The van der Waals surface area contributed by atoms with E-state index in [1.807, 2.05) is 13.8 Å². The fourth-order valence-corrected chi connectivity index (χ4v) is 8.79. The zero-order chi connectivity index (χ0) is 59.1. The third-order valence-corrected chi connectivity index (χ3v) is 13.7. The Labute approximate surface area is 481 Å². The molecular formula is C61H98N6O14. The quantitative estimate of drug-likeness (QED) is 0.0237. The number of aromatic nitrogens is 1. The van der Waals surface area contributed by atoms with Crippen molar-refractivity contribution in [2.24, 2.45) is 11.0 Å². The van der Waals surface area contributed by atoms with E-state index in [-0.39, 0.29) is 73.5 Å². The maximum Gasteiger partial charge on any atom is 0.333 e. The Balaban J connectivity index is 1.61. The summed E-state index contributed by atoms with van der Waals surface area (Å²) in [5.74, 6) is -1.45. The summed E-state index contributed by atoms with van der Waals surface area (Å²) in [6, 6.07) is 3.39. The molecule has 1 atom stereocenters. The van der Waals surface area contributed by atoms with Gasteiger partial charge in [0.1, 0.15) is 34.7 Å². The highest BCUT2D eigenvalue weighted by molar-refractivity contribution is 6.01. The Morgan fingerprint density at radius 3 is 1.62 bits per heavy atom. The molecule has 0 unspecified atom stereocenters. The lowest BCUT2D eigenvalue weighted by Crippen LogP contribution is -2.31. The average Bonchev–Trinajstić information content (AvgIpc) is 3.78. The number of ketones is 5. The smallest absolute Gasteiger partial charge is 0.333 e. The van der Waals surface area contributed by atoms with Crippen molar-refractivity contribution >= 4 is 70.0 Å². The molecule has 0 aromatic carbocycles. The molecule has 2 heterocycles. The van der Waals surface area contributed by atoms with Gasteiger partial charge in [-0.2, -0.15) is 5.10 Å². The van der Waals surface area contributed by atoms with Crippen molar-refractivity contribution in [1.82, 2.24) is 20.7 Å². The number of carbonyl (C=O) groups excluding carboxylic acids is 10. The summed E-state index contributed by atoms with van der Waals surface area (Å²) in [5.41, 5.74) is 4.15. The van der Waals surface area contributed by atoms with E-state index in [0.29, 0.717) is 178 Å². The lowest BCUT2D eigenvalue weighted by Gasteiger charge is -2.16. The maximum atomic E-state index is 13.5. The number of pyridine rings is 1. The Hall–Kier alpha value is -5.60. The zero-order valence-corrected chi connectivity index (χ0v) is 49.4. The Morgan fingerprint density at radius 2 is 1.04 bits per heavy atom. The molecule has 0 bridgehead atoms. The Morgan fingerprint density at radius 1 is 0.543 bits per heavy atom. The van der Waals surface area contributed by atoms with E-state index in [1.165, 1.54) is 6.20 Å². The lowest BCUT2D eigenvalue weighted by atomic mass is 9.88. The molecule has 1 fully saturated rings. The first-order valence-corrected chi connectivity index (χ1v) is 30.4. The zero-order valence-electron chi connectivity index (χ0n) is 49.4. The number of rotatable bonds is 54. The lowest BCUT2D eigenvalue weighted by molar-refractivity contribution is -0.197. The number of amides is 4. The molecule has 4 amide bonds. The number of nitrogens with zero attached hydrogens (tertiary/aromatic N) is 3. The standard InChI is InChI=1S/C61H98N6O14/c1-4-5-24-51(68)28-17-21-40-78-42-44-80-45-43-79-41-22-18-29-55(72)49(46-54(71)34-33-53(70)27-12-7-9-15-31-60(76)81-67-58(74)36-37-59(67)75)23-16-20-38-62-57(73)30-14-8-6-11-25-52(69)26-13-10-19-39-63-61(77)50-32-35-56(64-47-50)66-65-48(2)3/h32,35,47,49H,4-31,33-34,36-46H2,1-3H3,(H,62,73)(H,63,77)(H,64,66)/t49-/m1/s1. The highest BCUT2D eigenvalue weighted by atomic mass is 16.7. The molecule has 1 aromatic rings. The molecule has 81 heavy (non-hydrogen) atoms. The molecule has 1 aliphatic rings. The van der Waals surface area contributed by atoms with Gasteiger partial charge in [-0.25, -0.2) is 9.78 Å². The fraction of sp³-hybridized carbons (Fsp3) is 0.738. The third-order valence-electron chi connectivity index (χ3n) is 13.7. The fourth-order valence-electron chi connectivity index (χ4n) is 8.79. The first-order chi connectivity index (χ1) is 39.2. The van der Waals surface area contributed by atoms with Gasteiger partial charge in [0.25, 0.3) is 17.7 Å². The summed E-state index contributed by atoms with van der Waals surface area (Å²) in [5, 5.41) is 10.5. The van der Waals surface area contributed by atoms with Crippen LogP contribution in [0.2, 0.25) is 0 Å². The van der Waals surface area contributed by atoms with Crippen molar-refractivity contribution in [3.8, 4) is 0 Å². The van der Waals surface area contributed by atoms with Crippen LogP contribution in [0.4, 0.5) is 5.82 Å². The van der Waals surface area contributed by atoms with Crippen LogP contribution in [-0.2, 0) is 62.2 Å². The highest BCUT2D eigenvalue weighted by Gasteiger charge is 2.32. The minimum absolute atomic E-state index is 0.00993. The van der Waals surface area contributed by atoms with Gasteiger partial charge in [-0.3, -0.25) is 48.6 Å². The van der Waals surface area contributed by atoms with E-state index >= 15 is 0 Å². The highest BCUT2D eigenvalue weighted by Crippen LogP contribution is 2.21. The maximum absolute atomic E-state index is 13.5. The number of imide groups is 1. The molecule has 1 aromatic heterocycles.